The fourth-order valence-corrected chi connectivity index (χ4v) is 2.74. The number of isocyanates is 1. The Hall–Kier alpha value is -2.13. The van der Waals surface area contributed by atoms with E-state index in [9.17, 15) is 9.59 Å². The molecule has 0 unspecified atom stereocenters. The Morgan fingerprint density at radius 1 is 1.26 bits per heavy atom. The summed E-state index contributed by atoms with van der Waals surface area (Å²) in [6.07, 6.45) is 4.26. The van der Waals surface area contributed by atoms with Gasteiger partial charge in [0.15, 0.2) is 0 Å². The van der Waals surface area contributed by atoms with Gasteiger partial charge < -0.3 is 9.64 Å². The zero-order chi connectivity index (χ0) is 16.9. The number of rotatable bonds is 3. The first kappa shape index (κ1) is 17.2. The first-order valence-electron chi connectivity index (χ1n) is 8.02. The minimum Gasteiger partial charge on any atom is -0.444 e. The molecule has 1 aliphatic rings. The van der Waals surface area contributed by atoms with Gasteiger partial charge in [-0.25, -0.2) is 9.59 Å². The molecule has 0 bridgehead atoms. The maximum absolute atomic E-state index is 12.0. The topological polar surface area (TPSA) is 59.0 Å². The highest BCUT2D eigenvalue weighted by Gasteiger charge is 2.26. The van der Waals surface area contributed by atoms with E-state index in [1.807, 2.05) is 45.0 Å². The van der Waals surface area contributed by atoms with Crippen LogP contribution in [0.4, 0.5) is 10.5 Å². The molecule has 1 aliphatic heterocycles. The van der Waals surface area contributed by atoms with E-state index in [0.29, 0.717) is 11.6 Å². The van der Waals surface area contributed by atoms with E-state index >= 15 is 0 Å². The molecule has 0 N–H and O–H groups in total. The fourth-order valence-electron chi connectivity index (χ4n) is 2.74. The van der Waals surface area contributed by atoms with Crippen LogP contribution in [-0.4, -0.2) is 35.8 Å². The molecule has 124 valence electrons. The van der Waals surface area contributed by atoms with Crippen LogP contribution in [0.2, 0.25) is 0 Å². The van der Waals surface area contributed by atoms with Gasteiger partial charge in [0, 0.05) is 13.1 Å². The van der Waals surface area contributed by atoms with Gasteiger partial charge >= 0.3 is 6.09 Å². The minimum absolute atomic E-state index is 0.216. The molecule has 1 heterocycles. The van der Waals surface area contributed by atoms with Crippen molar-refractivity contribution in [2.45, 2.75) is 45.6 Å². The van der Waals surface area contributed by atoms with Crippen molar-refractivity contribution in [2.75, 3.05) is 13.1 Å². The molecule has 5 heteroatoms. The van der Waals surface area contributed by atoms with Gasteiger partial charge in [-0.05, 0) is 63.6 Å². The highest BCUT2D eigenvalue weighted by Crippen LogP contribution is 2.24. The third kappa shape index (κ3) is 5.53. The molecule has 0 saturated carbocycles. The van der Waals surface area contributed by atoms with Crippen LogP contribution < -0.4 is 0 Å². The van der Waals surface area contributed by atoms with E-state index in [0.717, 1.165) is 32.4 Å². The maximum Gasteiger partial charge on any atom is 0.410 e. The van der Waals surface area contributed by atoms with Crippen LogP contribution in [0.25, 0.3) is 0 Å². The number of amides is 1. The van der Waals surface area contributed by atoms with Crippen molar-refractivity contribution >= 4 is 17.9 Å². The van der Waals surface area contributed by atoms with E-state index < -0.39 is 5.60 Å². The van der Waals surface area contributed by atoms with Crippen LogP contribution in [0.3, 0.4) is 0 Å². The van der Waals surface area contributed by atoms with Crippen molar-refractivity contribution in [1.82, 2.24) is 4.90 Å². The van der Waals surface area contributed by atoms with Crippen LogP contribution in [0.1, 0.15) is 39.2 Å². The number of carbonyl (C=O) groups excluding carboxylic acids is 2. The predicted octanol–water partition coefficient (Wildman–Crippen LogP) is 3.84. The Bertz CT molecular complexity index is 575. The van der Waals surface area contributed by atoms with E-state index in [2.05, 4.69) is 4.99 Å². The molecule has 1 amide bonds. The van der Waals surface area contributed by atoms with Crippen molar-refractivity contribution in [1.29, 1.82) is 0 Å². The number of carbonyl (C=O) groups is 1. The van der Waals surface area contributed by atoms with Crippen molar-refractivity contribution in [3.05, 3.63) is 29.8 Å². The van der Waals surface area contributed by atoms with Gasteiger partial charge in [-0.3, -0.25) is 0 Å². The Kier molecular flexibility index (Phi) is 5.56. The van der Waals surface area contributed by atoms with Crippen molar-refractivity contribution in [3.63, 3.8) is 0 Å². The maximum atomic E-state index is 12.0. The highest BCUT2D eigenvalue weighted by molar-refractivity contribution is 5.68. The van der Waals surface area contributed by atoms with Gasteiger partial charge in [-0.15, -0.1) is 0 Å². The molecule has 5 nitrogen and oxygen atoms in total. The number of nitrogens with zero attached hydrogens (tertiary/aromatic N) is 2. The standard InChI is InChI=1S/C18H24N2O3/c1-18(2,3)23-17(22)20-10-8-15(9-11-20)12-14-4-6-16(7-5-14)19-13-21/h4-7,15H,8-12H2,1-3H3. The van der Waals surface area contributed by atoms with Gasteiger partial charge in [-0.2, -0.15) is 4.99 Å². The van der Waals surface area contributed by atoms with E-state index in [1.165, 1.54) is 5.56 Å². The van der Waals surface area contributed by atoms with Gasteiger partial charge in [0.25, 0.3) is 0 Å². The third-order valence-corrected chi connectivity index (χ3v) is 3.90. The summed E-state index contributed by atoms with van der Waals surface area (Å²) in [4.78, 5) is 27.6. The molecule has 0 spiro atoms. The summed E-state index contributed by atoms with van der Waals surface area (Å²) >= 11 is 0. The van der Waals surface area contributed by atoms with Crippen LogP contribution in [0, 0.1) is 5.92 Å². The molecular weight excluding hydrogens is 292 g/mol. The summed E-state index contributed by atoms with van der Waals surface area (Å²) < 4.78 is 5.41. The number of hydrogen-bond acceptors (Lipinski definition) is 4. The normalized spacial score (nSPS) is 15.9. The van der Waals surface area contributed by atoms with Crippen molar-refractivity contribution in [3.8, 4) is 0 Å². The average Bonchev–Trinajstić information content (AvgIpc) is 2.48. The van der Waals surface area contributed by atoms with Crippen molar-refractivity contribution in [2.24, 2.45) is 10.9 Å². The van der Waals surface area contributed by atoms with E-state index in [4.69, 9.17) is 4.74 Å². The number of hydrogen-bond donors (Lipinski definition) is 0. The number of piperidine rings is 1. The first-order valence-corrected chi connectivity index (χ1v) is 8.02. The summed E-state index contributed by atoms with van der Waals surface area (Å²) in [5, 5.41) is 0. The second kappa shape index (κ2) is 7.42. The number of ether oxygens (including phenoxy) is 1. The lowest BCUT2D eigenvalue weighted by Gasteiger charge is -2.33. The third-order valence-electron chi connectivity index (χ3n) is 3.90. The lowest BCUT2D eigenvalue weighted by molar-refractivity contribution is 0.0184. The zero-order valence-electron chi connectivity index (χ0n) is 14.0. The summed E-state index contributed by atoms with van der Waals surface area (Å²) in [6.45, 7) is 7.14. The van der Waals surface area contributed by atoms with Gasteiger partial charge in [0.1, 0.15) is 5.60 Å². The van der Waals surface area contributed by atoms with Gasteiger partial charge in [-0.1, -0.05) is 12.1 Å². The lowest BCUT2D eigenvalue weighted by Crippen LogP contribution is -2.42. The SMILES string of the molecule is CC(C)(C)OC(=O)N1CCC(Cc2ccc(N=C=O)cc2)CC1. The predicted molar refractivity (Wildman–Crippen MR) is 88.5 cm³/mol. The number of likely N-dealkylation sites (tertiary alicyclic amines) is 1. The molecule has 0 atom stereocenters. The fraction of sp³-hybridized carbons (Fsp3) is 0.556. The van der Waals surface area contributed by atoms with Crippen LogP contribution in [-0.2, 0) is 16.0 Å². The molecule has 0 aromatic heterocycles. The number of aliphatic imine (C=N–C) groups is 1. The molecule has 1 aromatic rings. The molecule has 0 radical (unpaired) electrons. The zero-order valence-corrected chi connectivity index (χ0v) is 14.0. The highest BCUT2D eigenvalue weighted by atomic mass is 16.6. The van der Waals surface area contributed by atoms with E-state index in [-0.39, 0.29) is 6.09 Å². The van der Waals surface area contributed by atoms with Crippen molar-refractivity contribution < 1.29 is 14.3 Å². The van der Waals surface area contributed by atoms with E-state index in [1.54, 1.807) is 11.0 Å². The molecule has 1 saturated heterocycles. The molecule has 1 fully saturated rings. The molecule has 1 aromatic carbocycles. The molecular formula is C18H24N2O3. The monoisotopic (exact) mass is 316 g/mol. The van der Waals surface area contributed by atoms with Crippen LogP contribution in [0.5, 0.6) is 0 Å². The Morgan fingerprint density at radius 3 is 2.39 bits per heavy atom. The summed E-state index contributed by atoms with van der Waals surface area (Å²) in [6, 6.07) is 7.65. The van der Waals surface area contributed by atoms with Crippen LogP contribution >= 0.6 is 0 Å². The second-order valence-electron chi connectivity index (χ2n) is 6.98. The smallest absolute Gasteiger partial charge is 0.410 e. The summed E-state index contributed by atoms with van der Waals surface area (Å²) in [5.41, 5.74) is 1.41. The molecule has 0 aliphatic carbocycles. The first-order chi connectivity index (χ1) is 10.9. The average molecular weight is 316 g/mol. The largest absolute Gasteiger partial charge is 0.444 e. The summed E-state index contributed by atoms with van der Waals surface area (Å²) in [5.74, 6) is 0.564. The Labute approximate surface area is 137 Å². The number of benzene rings is 1. The Balaban J connectivity index is 1.82. The second-order valence-corrected chi connectivity index (χ2v) is 6.98. The minimum atomic E-state index is -0.445. The molecule has 23 heavy (non-hydrogen) atoms. The summed E-state index contributed by atoms with van der Waals surface area (Å²) in [7, 11) is 0. The molecule has 2 rings (SSSR count). The van der Waals surface area contributed by atoms with Gasteiger partial charge in [0.05, 0.1) is 5.69 Å². The quantitative estimate of drug-likeness (QED) is 0.629. The Morgan fingerprint density at radius 2 is 1.87 bits per heavy atom. The van der Waals surface area contributed by atoms with Gasteiger partial charge in [0.2, 0.25) is 6.08 Å². The lowest BCUT2D eigenvalue weighted by atomic mass is 9.90. The van der Waals surface area contributed by atoms with Crippen LogP contribution in [0.15, 0.2) is 29.3 Å².